The number of aryl methyl sites for hydroxylation is 1. The molecule has 7 nitrogen and oxygen atoms in total. The van der Waals surface area contributed by atoms with Crippen molar-refractivity contribution in [3.8, 4) is 0 Å². The Hall–Kier alpha value is -3.03. The monoisotopic (exact) mass is 647 g/mol. The molecule has 0 spiro atoms. The van der Waals surface area contributed by atoms with E-state index in [4.69, 9.17) is 0 Å². The van der Waals surface area contributed by atoms with E-state index in [0.29, 0.717) is 24.9 Å². The first kappa shape index (κ1) is 52.5. The van der Waals surface area contributed by atoms with E-state index >= 15 is 0 Å². The Bertz CT molecular complexity index is 1070. The number of piperazine rings is 1. The Kier molecular flexibility index (Phi) is 33.5. The minimum absolute atomic E-state index is 0. The molecule has 4 rings (SSSR count). The van der Waals surface area contributed by atoms with Gasteiger partial charge in [-0.1, -0.05) is 114 Å². The highest BCUT2D eigenvalue weighted by molar-refractivity contribution is 6.30. The molecule has 0 aromatic heterocycles. The molecule has 7 heteroatoms. The van der Waals surface area contributed by atoms with Crippen LogP contribution in [-0.4, -0.2) is 66.5 Å². The Morgan fingerprint density at radius 3 is 1.91 bits per heavy atom. The number of nitrogens with zero attached hydrogens (tertiary/aromatic N) is 2. The number of Topliss-reactive ketones (excluding diaryl/α,β-unsaturated/α-hetero) is 1. The molecule has 3 N–H and O–H groups in total. The molecule has 3 unspecified atom stereocenters. The van der Waals surface area contributed by atoms with E-state index in [1.807, 2.05) is 86.3 Å². The van der Waals surface area contributed by atoms with Gasteiger partial charge in [-0.3, -0.25) is 19.3 Å². The third kappa shape index (κ3) is 14.2. The van der Waals surface area contributed by atoms with Crippen molar-refractivity contribution in [2.75, 3.05) is 32.0 Å². The van der Waals surface area contributed by atoms with E-state index in [1.54, 1.807) is 13.0 Å². The number of nitrogens with one attached hydrogen (secondary N) is 1. The second-order valence-electron chi connectivity index (χ2n) is 9.50. The molecule has 0 saturated carbocycles. The minimum Gasteiger partial charge on any atom is -0.383 e. The van der Waals surface area contributed by atoms with Crippen LogP contribution in [0.4, 0.5) is 5.69 Å². The molecule has 3 atom stereocenters. The van der Waals surface area contributed by atoms with Crippen molar-refractivity contribution in [3.63, 3.8) is 0 Å². The normalized spacial score (nSPS) is 18.3. The molecule has 0 radical (unpaired) electrons. The van der Waals surface area contributed by atoms with E-state index in [1.165, 1.54) is 18.2 Å². The van der Waals surface area contributed by atoms with Gasteiger partial charge in [0.1, 0.15) is 0 Å². The molecule has 0 bridgehead atoms. The summed E-state index contributed by atoms with van der Waals surface area (Å²) in [6.45, 7) is 30.8. The zero-order chi connectivity index (χ0) is 35.0. The van der Waals surface area contributed by atoms with E-state index in [0.717, 1.165) is 24.3 Å². The second-order valence-corrected chi connectivity index (χ2v) is 9.50. The average molecular weight is 647 g/mol. The fraction of sp³-hybridized carbons (Fsp3) is 0.615. The Morgan fingerprint density at radius 1 is 0.870 bits per heavy atom. The van der Waals surface area contributed by atoms with Gasteiger partial charge in [-0.05, 0) is 64.1 Å². The van der Waals surface area contributed by atoms with Gasteiger partial charge in [0.15, 0.2) is 6.29 Å². The number of aldehydes is 1. The molecule has 268 valence electrons. The van der Waals surface area contributed by atoms with Crippen LogP contribution in [-0.2, 0) is 21.5 Å². The lowest BCUT2D eigenvalue weighted by atomic mass is 9.80. The van der Waals surface area contributed by atoms with Crippen LogP contribution in [0.25, 0.3) is 0 Å². The van der Waals surface area contributed by atoms with Crippen molar-refractivity contribution < 1.29 is 14.4 Å². The van der Waals surface area contributed by atoms with Crippen molar-refractivity contribution >= 4 is 23.7 Å². The number of carbonyl (C=O) groups is 3. The molecule has 2 heterocycles. The maximum absolute atomic E-state index is 13.4. The molecule has 1 amide bonds. The number of rotatable bonds is 5. The van der Waals surface area contributed by atoms with Crippen molar-refractivity contribution in [2.24, 2.45) is 5.73 Å². The fourth-order valence-electron chi connectivity index (χ4n) is 4.92. The van der Waals surface area contributed by atoms with Gasteiger partial charge < -0.3 is 16.0 Å². The Morgan fingerprint density at radius 2 is 1.41 bits per heavy atom. The van der Waals surface area contributed by atoms with Gasteiger partial charge in [0.05, 0.1) is 5.41 Å². The standard InChI is InChI=1S/C26H31N3O3.5C2H6.CH5N.2CH4/c1-17-6-5-7-20(10-17)14-28-12-19(3)29(13-18(28)2)25(32)21-8-9-23-22(11-21)26(4,16-27-23)24(31)15-30;6*1-2;;/h5-11,15,18-19,27H,12-14,16H2,1-4H3;5*1-2H3;2H2,1H3;2*1H4. The van der Waals surface area contributed by atoms with E-state index in [-0.39, 0.29) is 32.8 Å². The third-order valence-corrected chi connectivity index (χ3v) is 6.99. The molecule has 2 aromatic carbocycles. The SMILES string of the molecule is C.C.CC.CC.CC.CC.CC.CN.Cc1cccc(CN2CC(C)N(C(=O)c3ccc4c(c3)C(C)(C(=O)C=O)CN4)CC2C)c1. The summed E-state index contributed by atoms with van der Waals surface area (Å²) < 4.78 is 0. The molecule has 1 fully saturated rings. The summed E-state index contributed by atoms with van der Waals surface area (Å²) in [6, 6.07) is 14.3. The third-order valence-electron chi connectivity index (χ3n) is 6.99. The van der Waals surface area contributed by atoms with Gasteiger partial charge in [-0.15, -0.1) is 0 Å². The molecule has 0 aliphatic carbocycles. The first-order valence-corrected chi connectivity index (χ1v) is 16.8. The quantitative estimate of drug-likeness (QED) is 0.248. The number of carbonyl (C=O) groups excluding carboxylic acids is 3. The van der Waals surface area contributed by atoms with Crippen LogP contribution in [0.2, 0.25) is 0 Å². The summed E-state index contributed by atoms with van der Waals surface area (Å²) in [6.07, 6.45) is 0.377. The number of ketones is 1. The zero-order valence-corrected chi connectivity index (χ0v) is 30.8. The predicted octanol–water partition coefficient (Wildman–Crippen LogP) is 9.16. The summed E-state index contributed by atoms with van der Waals surface area (Å²) in [5.41, 5.74) is 8.20. The molecule has 2 aliphatic rings. The first-order valence-electron chi connectivity index (χ1n) is 16.8. The highest BCUT2D eigenvalue weighted by Crippen LogP contribution is 2.38. The lowest BCUT2D eigenvalue weighted by Gasteiger charge is -2.44. The molecule has 2 aromatic rings. The van der Waals surface area contributed by atoms with Gasteiger partial charge >= 0.3 is 0 Å². The molecular weight excluding hydrogens is 572 g/mol. The predicted molar refractivity (Wildman–Crippen MR) is 205 cm³/mol. The average Bonchev–Trinajstić information content (AvgIpc) is 3.44. The maximum atomic E-state index is 13.4. The molecule has 2 aliphatic heterocycles. The lowest BCUT2D eigenvalue weighted by molar-refractivity contribution is -0.132. The number of hydrogen-bond donors (Lipinski definition) is 2. The lowest BCUT2D eigenvalue weighted by Crippen LogP contribution is -2.57. The smallest absolute Gasteiger partial charge is 0.254 e. The second kappa shape index (κ2) is 29.4. The zero-order valence-electron chi connectivity index (χ0n) is 30.8. The van der Waals surface area contributed by atoms with Crippen LogP contribution in [0.15, 0.2) is 42.5 Å². The van der Waals surface area contributed by atoms with Crippen molar-refractivity contribution in [2.45, 2.75) is 136 Å². The van der Waals surface area contributed by atoms with Crippen LogP contribution in [0, 0.1) is 6.92 Å². The number of benzene rings is 2. The van der Waals surface area contributed by atoms with Crippen LogP contribution < -0.4 is 11.1 Å². The van der Waals surface area contributed by atoms with E-state index in [9.17, 15) is 14.4 Å². The summed E-state index contributed by atoms with van der Waals surface area (Å²) in [5.74, 6) is -0.504. The summed E-state index contributed by atoms with van der Waals surface area (Å²) >= 11 is 0. The number of fused-ring (bicyclic) bond motifs is 1. The molecule has 1 saturated heterocycles. The van der Waals surface area contributed by atoms with Crippen LogP contribution in [0.3, 0.4) is 0 Å². The number of amides is 1. The molecule has 46 heavy (non-hydrogen) atoms. The fourth-order valence-corrected chi connectivity index (χ4v) is 4.92. The Labute approximate surface area is 285 Å². The minimum atomic E-state index is -0.932. The van der Waals surface area contributed by atoms with Gasteiger partial charge in [0.2, 0.25) is 5.78 Å². The Balaban J connectivity index is -0.000000360. The van der Waals surface area contributed by atoms with Crippen LogP contribution in [0.1, 0.15) is 132 Å². The van der Waals surface area contributed by atoms with Crippen molar-refractivity contribution in [1.29, 1.82) is 0 Å². The highest BCUT2D eigenvalue weighted by Gasteiger charge is 2.41. The summed E-state index contributed by atoms with van der Waals surface area (Å²) in [5, 5.41) is 3.19. The van der Waals surface area contributed by atoms with Gasteiger partial charge in [0, 0.05) is 49.5 Å². The summed E-state index contributed by atoms with van der Waals surface area (Å²) in [7, 11) is 1.50. The van der Waals surface area contributed by atoms with Gasteiger partial charge in [0.25, 0.3) is 5.91 Å². The van der Waals surface area contributed by atoms with E-state index < -0.39 is 11.2 Å². The van der Waals surface area contributed by atoms with Crippen LogP contribution >= 0.6 is 0 Å². The van der Waals surface area contributed by atoms with E-state index in [2.05, 4.69) is 61.0 Å². The van der Waals surface area contributed by atoms with Crippen LogP contribution in [0.5, 0.6) is 0 Å². The van der Waals surface area contributed by atoms with Gasteiger partial charge in [-0.2, -0.15) is 0 Å². The first-order chi connectivity index (χ1) is 21.2. The highest BCUT2D eigenvalue weighted by atomic mass is 16.2. The maximum Gasteiger partial charge on any atom is 0.254 e. The molecular formula is C39H74N4O3. The van der Waals surface area contributed by atoms with Crippen molar-refractivity contribution in [1.82, 2.24) is 9.80 Å². The number of nitrogens with two attached hydrogens (primary N) is 1. The number of hydrogen-bond acceptors (Lipinski definition) is 6. The van der Waals surface area contributed by atoms with Crippen molar-refractivity contribution in [3.05, 3.63) is 64.7 Å². The number of anilines is 1. The van der Waals surface area contributed by atoms with Gasteiger partial charge in [-0.25, -0.2) is 0 Å². The topological polar surface area (TPSA) is 95.7 Å². The summed E-state index contributed by atoms with van der Waals surface area (Å²) in [4.78, 5) is 41.3. The largest absolute Gasteiger partial charge is 0.383 e.